The van der Waals surface area contributed by atoms with Gasteiger partial charge in [0.1, 0.15) is 5.75 Å². The molecule has 1 aliphatic rings. The summed E-state index contributed by atoms with van der Waals surface area (Å²) in [7, 11) is 3.38. The highest BCUT2D eigenvalue weighted by Crippen LogP contribution is 2.24. The summed E-state index contributed by atoms with van der Waals surface area (Å²) in [5, 5.41) is 0.664. The highest BCUT2D eigenvalue weighted by molar-refractivity contribution is 6.30. The fraction of sp³-hybridized carbons (Fsp3) is 0.333. The Morgan fingerprint density at radius 2 is 1.93 bits per heavy atom. The molecule has 5 nitrogen and oxygen atoms in total. The van der Waals surface area contributed by atoms with Crippen molar-refractivity contribution >= 4 is 23.4 Å². The molecule has 6 heteroatoms. The van der Waals surface area contributed by atoms with Crippen molar-refractivity contribution in [2.75, 3.05) is 20.7 Å². The van der Waals surface area contributed by atoms with Gasteiger partial charge in [0.2, 0.25) is 11.8 Å². The maximum Gasteiger partial charge on any atom is 0.228 e. The smallest absolute Gasteiger partial charge is 0.228 e. The zero-order chi connectivity index (χ0) is 19.4. The fourth-order valence-corrected chi connectivity index (χ4v) is 3.51. The molecule has 0 N–H and O–H groups in total. The molecule has 1 atom stereocenters. The van der Waals surface area contributed by atoms with Crippen LogP contribution < -0.4 is 4.74 Å². The third kappa shape index (κ3) is 4.61. The molecule has 2 aromatic rings. The molecule has 0 aromatic heterocycles. The van der Waals surface area contributed by atoms with Crippen molar-refractivity contribution in [1.82, 2.24) is 9.80 Å². The van der Waals surface area contributed by atoms with Gasteiger partial charge in [0, 0.05) is 43.7 Å². The van der Waals surface area contributed by atoms with Crippen LogP contribution in [0, 0.1) is 5.92 Å². The fourth-order valence-electron chi connectivity index (χ4n) is 3.38. The molecule has 1 saturated heterocycles. The van der Waals surface area contributed by atoms with E-state index in [1.165, 1.54) is 0 Å². The standard InChI is InChI=1S/C21H23ClN2O3/c1-23(13-16-5-3-4-6-19(16)27-2)21(26)17-11-20(25)24(14-17)12-15-7-9-18(22)10-8-15/h3-10,17H,11-14H2,1-2H3. The van der Waals surface area contributed by atoms with Crippen LogP contribution in [0.2, 0.25) is 5.02 Å². The molecule has 142 valence electrons. The molecule has 1 unspecified atom stereocenters. The Morgan fingerprint density at radius 1 is 1.22 bits per heavy atom. The third-order valence-electron chi connectivity index (χ3n) is 4.83. The lowest BCUT2D eigenvalue weighted by Gasteiger charge is -2.22. The predicted molar refractivity (Wildman–Crippen MR) is 104 cm³/mol. The van der Waals surface area contributed by atoms with Gasteiger partial charge in [-0.3, -0.25) is 9.59 Å². The second kappa shape index (κ2) is 8.44. The second-order valence-electron chi connectivity index (χ2n) is 6.81. The summed E-state index contributed by atoms with van der Waals surface area (Å²) in [6, 6.07) is 15.0. The van der Waals surface area contributed by atoms with Crippen LogP contribution in [-0.2, 0) is 22.7 Å². The van der Waals surface area contributed by atoms with E-state index in [0.717, 1.165) is 16.9 Å². The zero-order valence-electron chi connectivity index (χ0n) is 15.5. The van der Waals surface area contributed by atoms with Crippen LogP contribution in [-0.4, -0.2) is 42.3 Å². The van der Waals surface area contributed by atoms with Gasteiger partial charge >= 0.3 is 0 Å². The number of likely N-dealkylation sites (tertiary alicyclic amines) is 1. The molecule has 27 heavy (non-hydrogen) atoms. The zero-order valence-corrected chi connectivity index (χ0v) is 16.3. The molecule has 0 radical (unpaired) electrons. The number of para-hydroxylation sites is 1. The average molecular weight is 387 g/mol. The number of ether oxygens (including phenoxy) is 1. The van der Waals surface area contributed by atoms with Crippen molar-refractivity contribution in [3.05, 3.63) is 64.7 Å². The molecule has 2 aromatic carbocycles. The molecule has 1 fully saturated rings. The lowest BCUT2D eigenvalue weighted by Crippen LogP contribution is -2.34. The van der Waals surface area contributed by atoms with E-state index in [1.807, 2.05) is 36.4 Å². The monoisotopic (exact) mass is 386 g/mol. The van der Waals surface area contributed by atoms with Gasteiger partial charge < -0.3 is 14.5 Å². The largest absolute Gasteiger partial charge is 0.496 e. The summed E-state index contributed by atoms with van der Waals surface area (Å²) >= 11 is 5.90. The van der Waals surface area contributed by atoms with Gasteiger partial charge in [-0.2, -0.15) is 0 Å². The first-order valence-corrected chi connectivity index (χ1v) is 9.25. The number of amides is 2. The van der Waals surface area contributed by atoms with Gasteiger partial charge in [-0.15, -0.1) is 0 Å². The van der Waals surface area contributed by atoms with Crippen LogP contribution in [0.3, 0.4) is 0 Å². The second-order valence-corrected chi connectivity index (χ2v) is 7.24. The number of carbonyl (C=O) groups excluding carboxylic acids is 2. The molecule has 2 amide bonds. The van der Waals surface area contributed by atoms with Crippen LogP contribution in [0.4, 0.5) is 0 Å². The first-order chi connectivity index (χ1) is 13.0. The van der Waals surface area contributed by atoms with E-state index in [4.69, 9.17) is 16.3 Å². The van der Waals surface area contributed by atoms with E-state index in [0.29, 0.717) is 24.7 Å². The van der Waals surface area contributed by atoms with Crippen LogP contribution in [0.25, 0.3) is 0 Å². The Bertz CT molecular complexity index is 822. The van der Waals surface area contributed by atoms with Gasteiger partial charge in [-0.25, -0.2) is 0 Å². The predicted octanol–water partition coefficient (Wildman–Crippen LogP) is 3.36. The normalized spacial score (nSPS) is 16.5. The number of benzene rings is 2. The van der Waals surface area contributed by atoms with E-state index >= 15 is 0 Å². The minimum absolute atomic E-state index is 0.00833. The Labute approximate surface area is 164 Å². The van der Waals surface area contributed by atoms with Crippen molar-refractivity contribution < 1.29 is 14.3 Å². The van der Waals surface area contributed by atoms with Crippen molar-refractivity contribution in [3.63, 3.8) is 0 Å². The molecule has 0 spiro atoms. The lowest BCUT2D eigenvalue weighted by atomic mass is 10.1. The van der Waals surface area contributed by atoms with Crippen molar-refractivity contribution in [2.24, 2.45) is 5.92 Å². The number of nitrogens with zero attached hydrogens (tertiary/aromatic N) is 2. The topological polar surface area (TPSA) is 49.9 Å². The number of hydrogen-bond acceptors (Lipinski definition) is 3. The van der Waals surface area contributed by atoms with Gasteiger partial charge in [-0.05, 0) is 23.8 Å². The summed E-state index contributed by atoms with van der Waals surface area (Å²) in [6.07, 6.45) is 0.253. The van der Waals surface area contributed by atoms with E-state index in [-0.39, 0.29) is 24.2 Å². The summed E-state index contributed by atoms with van der Waals surface area (Å²) in [5.41, 5.74) is 1.95. The SMILES string of the molecule is COc1ccccc1CN(C)C(=O)C1CC(=O)N(Cc2ccc(Cl)cc2)C1. The van der Waals surface area contributed by atoms with Crippen LogP contribution >= 0.6 is 11.6 Å². The number of halogens is 1. The summed E-state index contributed by atoms with van der Waals surface area (Å²) in [5.74, 6) is 0.426. The molecule has 0 saturated carbocycles. The quantitative estimate of drug-likeness (QED) is 0.764. The summed E-state index contributed by atoms with van der Waals surface area (Å²) in [6.45, 7) is 1.39. The molecule has 1 aliphatic heterocycles. The number of carbonyl (C=O) groups is 2. The average Bonchev–Trinajstić information content (AvgIpc) is 3.03. The highest BCUT2D eigenvalue weighted by Gasteiger charge is 2.35. The van der Waals surface area contributed by atoms with Gasteiger partial charge in [-0.1, -0.05) is 41.9 Å². The Hall–Kier alpha value is -2.53. The van der Waals surface area contributed by atoms with E-state index in [9.17, 15) is 9.59 Å². The van der Waals surface area contributed by atoms with Crippen LogP contribution in [0.5, 0.6) is 5.75 Å². The Balaban J connectivity index is 1.61. The minimum Gasteiger partial charge on any atom is -0.496 e. The maximum absolute atomic E-state index is 12.8. The van der Waals surface area contributed by atoms with Crippen molar-refractivity contribution in [3.8, 4) is 5.75 Å². The van der Waals surface area contributed by atoms with Gasteiger partial charge in [0.15, 0.2) is 0 Å². The molecule has 0 bridgehead atoms. The van der Waals surface area contributed by atoms with E-state index in [2.05, 4.69) is 0 Å². The number of rotatable bonds is 6. The molecule has 3 rings (SSSR count). The van der Waals surface area contributed by atoms with E-state index < -0.39 is 0 Å². The number of hydrogen-bond donors (Lipinski definition) is 0. The van der Waals surface area contributed by atoms with Crippen molar-refractivity contribution in [1.29, 1.82) is 0 Å². The minimum atomic E-state index is -0.315. The van der Waals surface area contributed by atoms with Gasteiger partial charge in [0.25, 0.3) is 0 Å². The van der Waals surface area contributed by atoms with Crippen LogP contribution in [0.15, 0.2) is 48.5 Å². The molecule has 1 heterocycles. The van der Waals surface area contributed by atoms with Crippen molar-refractivity contribution in [2.45, 2.75) is 19.5 Å². The van der Waals surface area contributed by atoms with Crippen LogP contribution in [0.1, 0.15) is 17.5 Å². The molecular weight excluding hydrogens is 364 g/mol. The maximum atomic E-state index is 12.8. The molecular formula is C21H23ClN2O3. The lowest BCUT2D eigenvalue weighted by molar-refractivity contribution is -0.135. The number of methoxy groups -OCH3 is 1. The Morgan fingerprint density at radius 3 is 2.63 bits per heavy atom. The van der Waals surface area contributed by atoms with Gasteiger partial charge in [0.05, 0.1) is 13.0 Å². The summed E-state index contributed by atoms with van der Waals surface area (Å²) in [4.78, 5) is 28.6. The molecule has 0 aliphatic carbocycles. The van der Waals surface area contributed by atoms with E-state index in [1.54, 1.807) is 36.1 Å². The third-order valence-corrected chi connectivity index (χ3v) is 5.08. The first-order valence-electron chi connectivity index (χ1n) is 8.87. The highest BCUT2D eigenvalue weighted by atomic mass is 35.5. The summed E-state index contributed by atoms with van der Waals surface area (Å²) < 4.78 is 5.35. The first kappa shape index (κ1) is 19.2. The Kier molecular flexibility index (Phi) is 6.01.